The number of hydrogen-bond donors (Lipinski definition) is 0. The molecule has 39 heavy (non-hydrogen) atoms. The molecule has 1 aliphatic carbocycles. The summed E-state index contributed by atoms with van der Waals surface area (Å²) < 4.78 is 86.3. The lowest BCUT2D eigenvalue weighted by Gasteiger charge is -2.24. The average molecular weight is 557 g/mol. The Labute approximate surface area is 220 Å². The molecule has 1 aromatic carbocycles. The minimum atomic E-state index is -4.88. The third-order valence-corrected chi connectivity index (χ3v) is 8.18. The Bertz CT molecular complexity index is 1760. The molecule has 0 unspecified atom stereocenters. The number of aromatic nitrogens is 5. The van der Waals surface area contributed by atoms with Crippen molar-refractivity contribution in [3.8, 4) is 5.82 Å². The zero-order chi connectivity index (χ0) is 27.4. The van der Waals surface area contributed by atoms with E-state index in [-0.39, 0.29) is 22.2 Å². The molecule has 5 aromatic rings. The fourth-order valence-corrected chi connectivity index (χ4v) is 5.80. The summed E-state index contributed by atoms with van der Waals surface area (Å²) in [5, 5.41) is 4.08. The molecule has 0 amide bonds. The predicted octanol–water partition coefficient (Wildman–Crippen LogP) is 5.35. The van der Waals surface area contributed by atoms with Crippen LogP contribution >= 0.6 is 0 Å². The van der Waals surface area contributed by atoms with Crippen LogP contribution in [-0.2, 0) is 22.7 Å². The topological polar surface area (TPSA) is 85.4 Å². The van der Waals surface area contributed by atoms with Crippen molar-refractivity contribution in [3.05, 3.63) is 102 Å². The molecular weight excluding hydrogens is 536 g/mol. The maximum Gasteiger partial charge on any atom is 0.419 e. The molecule has 200 valence electrons. The summed E-state index contributed by atoms with van der Waals surface area (Å²) >= 11 is 0. The number of imidazole rings is 1. The third kappa shape index (κ3) is 4.62. The van der Waals surface area contributed by atoms with Crippen molar-refractivity contribution in [1.82, 2.24) is 24.1 Å². The quantitative estimate of drug-likeness (QED) is 0.253. The van der Waals surface area contributed by atoms with Gasteiger partial charge in [0.25, 0.3) is 10.0 Å². The lowest BCUT2D eigenvalue weighted by molar-refractivity contribution is -0.140. The largest absolute Gasteiger partial charge is 0.419 e. The van der Waals surface area contributed by atoms with E-state index < -0.39 is 34.1 Å². The summed E-state index contributed by atoms with van der Waals surface area (Å²) in [5.74, 6) is -0.901. The highest BCUT2D eigenvalue weighted by Crippen LogP contribution is 2.46. The first-order chi connectivity index (χ1) is 18.6. The highest BCUT2D eigenvalue weighted by Gasteiger charge is 2.38. The van der Waals surface area contributed by atoms with Crippen molar-refractivity contribution in [3.63, 3.8) is 0 Å². The maximum atomic E-state index is 14.5. The molecule has 8 nitrogen and oxygen atoms in total. The van der Waals surface area contributed by atoms with Crippen LogP contribution < -0.4 is 4.31 Å². The van der Waals surface area contributed by atoms with Crippen LogP contribution in [-0.4, -0.2) is 32.6 Å². The second kappa shape index (κ2) is 9.19. The monoisotopic (exact) mass is 556 g/mol. The Morgan fingerprint density at radius 2 is 1.85 bits per heavy atom. The summed E-state index contributed by atoms with van der Waals surface area (Å²) in [7, 11) is -4.34. The lowest BCUT2D eigenvalue weighted by Crippen LogP contribution is -2.32. The molecule has 0 aliphatic heterocycles. The molecule has 4 heterocycles. The maximum absolute atomic E-state index is 14.5. The molecule has 6 rings (SSSR count). The van der Waals surface area contributed by atoms with E-state index in [9.17, 15) is 26.0 Å². The second-order valence-corrected chi connectivity index (χ2v) is 11.0. The molecular formula is C26H20F4N6O2S. The van der Waals surface area contributed by atoms with Gasteiger partial charge in [-0.2, -0.15) is 18.3 Å². The molecule has 1 saturated carbocycles. The number of anilines is 1. The van der Waals surface area contributed by atoms with Crippen LogP contribution in [0.25, 0.3) is 11.5 Å². The predicted molar refractivity (Wildman–Crippen MR) is 133 cm³/mol. The zero-order valence-electron chi connectivity index (χ0n) is 20.1. The third-order valence-electron chi connectivity index (χ3n) is 6.46. The Balaban J connectivity index is 1.47. The molecule has 0 radical (unpaired) electrons. The van der Waals surface area contributed by atoms with Gasteiger partial charge in [0, 0.05) is 30.7 Å². The van der Waals surface area contributed by atoms with E-state index in [0.29, 0.717) is 29.3 Å². The van der Waals surface area contributed by atoms with Crippen molar-refractivity contribution in [1.29, 1.82) is 0 Å². The fourth-order valence-electron chi connectivity index (χ4n) is 4.44. The van der Waals surface area contributed by atoms with Crippen molar-refractivity contribution in [2.24, 2.45) is 0 Å². The van der Waals surface area contributed by atoms with Crippen LogP contribution in [0.5, 0.6) is 0 Å². The lowest BCUT2D eigenvalue weighted by atomic mass is 10.1. The number of sulfonamides is 1. The Morgan fingerprint density at radius 1 is 1.03 bits per heavy atom. The van der Waals surface area contributed by atoms with E-state index in [1.165, 1.54) is 23.0 Å². The van der Waals surface area contributed by atoms with E-state index in [2.05, 4.69) is 15.1 Å². The molecule has 0 bridgehead atoms. The highest BCUT2D eigenvalue weighted by atomic mass is 32.2. The molecule has 13 heteroatoms. The Hall–Kier alpha value is -4.26. The normalized spacial score (nSPS) is 14.2. The fraction of sp³-hybridized carbons (Fsp3) is 0.192. The number of halogens is 4. The van der Waals surface area contributed by atoms with Crippen molar-refractivity contribution in [2.45, 2.75) is 36.4 Å². The molecule has 4 aromatic heterocycles. The van der Waals surface area contributed by atoms with Gasteiger partial charge < -0.3 is 4.40 Å². The van der Waals surface area contributed by atoms with E-state index in [1.807, 2.05) is 4.40 Å². The molecule has 1 aliphatic rings. The number of hydrogen-bond acceptors (Lipinski definition) is 5. The first kappa shape index (κ1) is 25.0. The van der Waals surface area contributed by atoms with E-state index in [0.717, 1.165) is 23.2 Å². The van der Waals surface area contributed by atoms with Gasteiger partial charge in [-0.05, 0) is 60.9 Å². The van der Waals surface area contributed by atoms with Crippen LogP contribution in [0.3, 0.4) is 0 Å². The van der Waals surface area contributed by atoms with Gasteiger partial charge in [0.15, 0.2) is 11.6 Å². The number of fused-ring (bicyclic) bond motifs is 1. The van der Waals surface area contributed by atoms with E-state index in [1.54, 1.807) is 42.9 Å². The zero-order valence-corrected chi connectivity index (χ0v) is 20.9. The molecule has 0 N–H and O–H groups in total. The molecule has 0 spiro atoms. The van der Waals surface area contributed by atoms with Crippen LogP contribution in [0, 0.1) is 5.82 Å². The van der Waals surface area contributed by atoms with Gasteiger partial charge in [-0.1, -0.05) is 12.1 Å². The van der Waals surface area contributed by atoms with Gasteiger partial charge >= 0.3 is 6.18 Å². The minimum absolute atomic E-state index is 0.0315. The van der Waals surface area contributed by atoms with E-state index >= 15 is 0 Å². The number of benzene rings is 1. The van der Waals surface area contributed by atoms with Gasteiger partial charge in [0.05, 0.1) is 17.8 Å². The van der Waals surface area contributed by atoms with Gasteiger partial charge in [-0.15, -0.1) is 0 Å². The summed E-state index contributed by atoms with van der Waals surface area (Å²) in [6.45, 7) is -0.443. The Morgan fingerprint density at radius 3 is 2.49 bits per heavy atom. The summed E-state index contributed by atoms with van der Waals surface area (Å²) in [4.78, 5) is 8.66. The van der Waals surface area contributed by atoms with Crippen LogP contribution in [0.2, 0.25) is 0 Å². The number of alkyl halides is 3. The van der Waals surface area contributed by atoms with Gasteiger partial charge in [-0.3, -0.25) is 0 Å². The van der Waals surface area contributed by atoms with Gasteiger partial charge in [0.2, 0.25) is 0 Å². The van der Waals surface area contributed by atoms with Crippen molar-refractivity contribution >= 4 is 21.5 Å². The summed E-state index contributed by atoms with van der Waals surface area (Å²) in [6, 6.07) is 12.2. The standard InChI is InChI=1S/C26H20F4N6O2S/c27-21-14-17(5-9-20(21)26(28,29)30)16-36(25-24(18-6-7-18)34-12-2-1-4-23(34)33-25)39(37,38)19-8-10-22(31-15-19)35-13-3-11-32-35/h1-5,8-15,18H,6-7,16H2. The second-order valence-electron chi connectivity index (χ2n) is 9.15. The van der Waals surface area contributed by atoms with Crippen LogP contribution in [0.1, 0.15) is 35.6 Å². The first-order valence-corrected chi connectivity index (χ1v) is 13.4. The van der Waals surface area contributed by atoms with Crippen molar-refractivity contribution < 1.29 is 26.0 Å². The molecule has 0 saturated heterocycles. The average Bonchev–Trinajstić information content (AvgIpc) is 3.44. The number of rotatable bonds is 7. The summed E-state index contributed by atoms with van der Waals surface area (Å²) in [6.07, 6.45) is 2.96. The van der Waals surface area contributed by atoms with Gasteiger partial charge in [-0.25, -0.2) is 31.8 Å². The highest BCUT2D eigenvalue weighted by molar-refractivity contribution is 7.92. The van der Waals surface area contributed by atoms with Crippen LogP contribution in [0.4, 0.5) is 23.4 Å². The SMILES string of the molecule is O=S(=O)(c1ccc(-n2cccn2)nc1)N(Cc1ccc(C(F)(F)F)c(F)c1)c1nc2ccccn2c1C1CC1. The van der Waals surface area contributed by atoms with Gasteiger partial charge in [0.1, 0.15) is 16.4 Å². The van der Waals surface area contributed by atoms with Crippen molar-refractivity contribution in [2.75, 3.05) is 4.31 Å². The first-order valence-electron chi connectivity index (χ1n) is 11.9. The Kier molecular flexibility index (Phi) is 5.90. The minimum Gasteiger partial charge on any atom is -0.302 e. The van der Waals surface area contributed by atoms with Crippen LogP contribution in [0.15, 0.2) is 84.3 Å². The summed E-state index contributed by atoms with van der Waals surface area (Å²) in [5.41, 5.74) is -0.211. The number of nitrogens with zero attached hydrogens (tertiary/aromatic N) is 6. The van der Waals surface area contributed by atoms with E-state index in [4.69, 9.17) is 0 Å². The molecule has 0 atom stereocenters. The molecule has 1 fully saturated rings. The number of pyridine rings is 2. The smallest absolute Gasteiger partial charge is 0.302 e.